The molecule has 2 aromatic rings. The minimum Gasteiger partial charge on any atom is -0.484 e. The van der Waals surface area contributed by atoms with Crippen molar-refractivity contribution in [3.05, 3.63) is 54.1 Å². The summed E-state index contributed by atoms with van der Waals surface area (Å²) in [4.78, 5) is 12.2. The van der Waals surface area contributed by atoms with E-state index in [2.05, 4.69) is 5.32 Å². The Kier molecular flexibility index (Phi) is 5.94. The molecule has 1 amide bonds. The van der Waals surface area contributed by atoms with E-state index >= 15 is 0 Å². The number of hydrogen-bond donors (Lipinski definition) is 1. The SMILES string of the molecule is N#Cc1ccc(OCC(=O)Nc2ccc(SC(F)F)cc2)cc1. The fourth-order valence-corrected chi connectivity index (χ4v) is 2.19. The van der Waals surface area contributed by atoms with Crippen LogP contribution in [0, 0.1) is 11.3 Å². The molecule has 118 valence electrons. The van der Waals surface area contributed by atoms with Crippen LogP contribution in [0.5, 0.6) is 5.75 Å². The third-order valence-electron chi connectivity index (χ3n) is 2.72. The van der Waals surface area contributed by atoms with Gasteiger partial charge in [0, 0.05) is 10.6 Å². The molecule has 0 saturated carbocycles. The number of ether oxygens (including phenoxy) is 1. The second kappa shape index (κ2) is 8.15. The van der Waals surface area contributed by atoms with E-state index in [0.717, 1.165) is 0 Å². The molecule has 0 fully saturated rings. The van der Waals surface area contributed by atoms with Crippen LogP contribution < -0.4 is 10.1 Å². The number of nitrogens with one attached hydrogen (secondary N) is 1. The predicted octanol–water partition coefficient (Wildman–Crippen LogP) is 3.89. The van der Waals surface area contributed by atoms with Crippen LogP contribution in [-0.4, -0.2) is 18.3 Å². The van der Waals surface area contributed by atoms with Crippen molar-refractivity contribution in [2.45, 2.75) is 10.7 Å². The number of halogens is 2. The Bertz CT molecular complexity index is 698. The number of carbonyl (C=O) groups is 1. The molecule has 0 aromatic heterocycles. The van der Waals surface area contributed by atoms with Crippen molar-refractivity contribution in [1.29, 1.82) is 5.26 Å². The number of thioether (sulfide) groups is 1. The summed E-state index contributed by atoms with van der Waals surface area (Å²) in [7, 11) is 0. The Hall–Kier alpha value is -2.59. The second-order valence-corrected chi connectivity index (χ2v) is 5.44. The molecule has 0 spiro atoms. The van der Waals surface area contributed by atoms with Gasteiger partial charge in [-0.1, -0.05) is 11.8 Å². The lowest BCUT2D eigenvalue weighted by Crippen LogP contribution is -2.20. The Balaban J connectivity index is 1.83. The number of carbonyl (C=O) groups excluding carboxylic acids is 1. The number of anilines is 1. The Morgan fingerprint density at radius 2 is 1.83 bits per heavy atom. The first-order valence-electron chi connectivity index (χ1n) is 6.54. The molecule has 0 aliphatic rings. The first-order valence-corrected chi connectivity index (χ1v) is 7.42. The highest BCUT2D eigenvalue weighted by Gasteiger charge is 2.07. The summed E-state index contributed by atoms with van der Waals surface area (Å²) in [5.74, 6) is -2.37. The molecule has 1 N–H and O–H groups in total. The van der Waals surface area contributed by atoms with E-state index in [1.165, 1.54) is 12.1 Å². The Morgan fingerprint density at radius 3 is 2.39 bits per heavy atom. The van der Waals surface area contributed by atoms with Crippen LogP contribution in [0.2, 0.25) is 0 Å². The Labute approximate surface area is 136 Å². The van der Waals surface area contributed by atoms with Crippen LogP contribution in [0.4, 0.5) is 14.5 Å². The van der Waals surface area contributed by atoms with Crippen molar-refractivity contribution in [2.24, 2.45) is 0 Å². The average Bonchev–Trinajstić information content (AvgIpc) is 2.55. The summed E-state index contributed by atoms with van der Waals surface area (Å²) in [6.45, 7) is -0.195. The molecular formula is C16H12F2N2O2S. The molecule has 0 atom stereocenters. The van der Waals surface area contributed by atoms with Crippen LogP contribution in [0.15, 0.2) is 53.4 Å². The van der Waals surface area contributed by atoms with Crippen molar-refractivity contribution >= 4 is 23.4 Å². The molecule has 23 heavy (non-hydrogen) atoms. The van der Waals surface area contributed by atoms with Gasteiger partial charge < -0.3 is 10.1 Å². The zero-order valence-electron chi connectivity index (χ0n) is 11.8. The molecular weight excluding hydrogens is 322 g/mol. The number of amides is 1. The van der Waals surface area contributed by atoms with Crippen molar-refractivity contribution in [1.82, 2.24) is 0 Å². The second-order valence-electron chi connectivity index (χ2n) is 4.38. The molecule has 0 radical (unpaired) electrons. The van der Waals surface area contributed by atoms with Crippen LogP contribution in [-0.2, 0) is 4.79 Å². The fourth-order valence-electron chi connectivity index (χ4n) is 1.69. The van der Waals surface area contributed by atoms with E-state index in [-0.39, 0.29) is 12.5 Å². The maximum absolute atomic E-state index is 12.2. The summed E-state index contributed by atoms with van der Waals surface area (Å²) < 4.78 is 29.7. The summed E-state index contributed by atoms with van der Waals surface area (Å²) in [6.07, 6.45) is 0. The van der Waals surface area contributed by atoms with Crippen molar-refractivity contribution < 1.29 is 18.3 Å². The van der Waals surface area contributed by atoms with Gasteiger partial charge in [-0.25, -0.2) is 0 Å². The van der Waals surface area contributed by atoms with Crippen LogP contribution in [0.3, 0.4) is 0 Å². The monoisotopic (exact) mass is 334 g/mol. The van der Waals surface area contributed by atoms with E-state index in [0.29, 0.717) is 33.7 Å². The highest BCUT2D eigenvalue weighted by molar-refractivity contribution is 7.99. The predicted molar refractivity (Wildman–Crippen MR) is 83.6 cm³/mol. The van der Waals surface area contributed by atoms with E-state index in [1.54, 1.807) is 36.4 Å². The third-order valence-corrected chi connectivity index (χ3v) is 3.44. The molecule has 0 unspecified atom stereocenters. The normalized spacial score (nSPS) is 10.2. The van der Waals surface area contributed by atoms with Crippen molar-refractivity contribution in [3.63, 3.8) is 0 Å². The summed E-state index contributed by atoms with van der Waals surface area (Å²) >= 11 is 0.443. The van der Waals surface area contributed by atoms with Crippen molar-refractivity contribution in [3.8, 4) is 11.8 Å². The molecule has 0 aliphatic carbocycles. The minimum atomic E-state index is -2.48. The number of benzene rings is 2. The van der Waals surface area contributed by atoms with Gasteiger partial charge in [0.2, 0.25) is 0 Å². The lowest BCUT2D eigenvalue weighted by Gasteiger charge is -2.08. The van der Waals surface area contributed by atoms with E-state index in [4.69, 9.17) is 10.00 Å². The van der Waals surface area contributed by atoms with E-state index in [1.807, 2.05) is 6.07 Å². The van der Waals surface area contributed by atoms with Gasteiger partial charge in [0.1, 0.15) is 5.75 Å². The molecule has 0 aliphatic heterocycles. The first-order chi connectivity index (χ1) is 11.1. The number of nitriles is 1. The first kappa shape index (κ1) is 16.8. The number of rotatable bonds is 6. The van der Waals surface area contributed by atoms with Gasteiger partial charge in [-0.2, -0.15) is 14.0 Å². The van der Waals surface area contributed by atoms with Crippen molar-refractivity contribution in [2.75, 3.05) is 11.9 Å². The molecule has 0 saturated heterocycles. The van der Waals surface area contributed by atoms with Gasteiger partial charge in [0.25, 0.3) is 11.7 Å². The standard InChI is InChI=1S/C16H12F2N2O2S/c17-16(18)23-14-7-3-12(4-8-14)20-15(21)10-22-13-5-1-11(9-19)2-6-13/h1-8,16H,10H2,(H,20,21). The highest BCUT2D eigenvalue weighted by atomic mass is 32.2. The molecule has 2 aromatic carbocycles. The summed E-state index contributed by atoms with van der Waals surface area (Å²) in [6, 6.07) is 14.5. The zero-order valence-corrected chi connectivity index (χ0v) is 12.6. The lowest BCUT2D eigenvalue weighted by molar-refractivity contribution is -0.118. The highest BCUT2D eigenvalue weighted by Crippen LogP contribution is 2.26. The Morgan fingerprint density at radius 1 is 1.17 bits per heavy atom. The minimum absolute atomic E-state index is 0.195. The van der Waals surface area contributed by atoms with Crippen LogP contribution in [0.1, 0.15) is 5.56 Å². The molecule has 2 rings (SSSR count). The lowest BCUT2D eigenvalue weighted by atomic mass is 10.2. The number of hydrogen-bond acceptors (Lipinski definition) is 4. The van der Waals surface area contributed by atoms with Gasteiger partial charge in [0.05, 0.1) is 11.6 Å². The topological polar surface area (TPSA) is 62.1 Å². The van der Waals surface area contributed by atoms with Gasteiger partial charge in [0.15, 0.2) is 6.61 Å². The molecule has 4 nitrogen and oxygen atoms in total. The molecule has 0 bridgehead atoms. The van der Waals surface area contributed by atoms with Gasteiger partial charge in [-0.3, -0.25) is 4.79 Å². The summed E-state index contributed by atoms with van der Waals surface area (Å²) in [5.41, 5.74) is 1.00. The third kappa shape index (κ3) is 5.60. The van der Waals surface area contributed by atoms with Crippen LogP contribution >= 0.6 is 11.8 Å². The van der Waals surface area contributed by atoms with E-state index < -0.39 is 5.76 Å². The van der Waals surface area contributed by atoms with E-state index in [9.17, 15) is 13.6 Å². The van der Waals surface area contributed by atoms with Gasteiger partial charge >= 0.3 is 0 Å². The van der Waals surface area contributed by atoms with Gasteiger partial charge in [-0.15, -0.1) is 0 Å². The number of alkyl halides is 2. The quantitative estimate of drug-likeness (QED) is 0.814. The maximum atomic E-state index is 12.2. The average molecular weight is 334 g/mol. The number of nitrogens with zero attached hydrogens (tertiary/aromatic N) is 1. The largest absolute Gasteiger partial charge is 0.484 e. The van der Waals surface area contributed by atoms with Crippen LogP contribution in [0.25, 0.3) is 0 Å². The van der Waals surface area contributed by atoms with Gasteiger partial charge in [-0.05, 0) is 48.5 Å². The maximum Gasteiger partial charge on any atom is 0.288 e. The fraction of sp³-hybridized carbons (Fsp3) is 0.125. The molecule has 7 heteroatoms. The smallest absolute Gasteiger partial charge is 0.288 e. The molecule has 0 heterocycles. The zero-order chi connectivity index (χ0) is 16.7. The summed E-state index contributed by atoms with van der Waals surface area (Å²) in [5, 5.41) is 11.3.